The summed E-state index contributed by atoms with van der Waals surface area (Å²) in [5.41, 5.74) is 7.93. The van der Waals surface area contributed by atoms with E-state index in [1.807, 2.05) is 42.5 Å². The summed E-state index contributed by atoms with van der Waals surface area (Å²) in [5.74, 6) is 6.01. The van der Waals surface area contributed by atoms with Gasteiger partial charge in [-0.1, -0.05) is 53.8 Å². The van der Waals surface area contributed by atoms with E-state index in [0.717, 1.165) is 10.9 Å². The third-order valence-electron chi connectivity index (χ3n) is 3.54. The number of nitrogens with zero attached hydrogens (tertiary/aromatic N) is 1. The molecule has 3 aromatic rings. The Kier molecular flexibility index (Phi) is 3.62. The van der Waals surface area contributed by atoms with Gasteiger partial charge >= 0.3 is 0 Å². The van der Waals surface area contributed by atoms with Gasteiger partial charge in [-0.25, -0.2) is 0 Å². The van der Waals surface area contributed by atoms with Crippen molar-refractivity contribution in [2.45, 2.75) is 0 Å². The number of hydrogen-bond donors (Lipinski definition) is 1. The number of benzene rings is 2. The summed E-state index contributed by atoms with van der Waals surface area (Å²) >= 11 is 6.11. The molecule has 1 aromatic heterocycles. The van der Waals surface area contributed by atoms with Gasteiger partial charge in [0.1, 0.15) is 5.69 Å². The fourth-order valence-corrected chi connectivity index (χ4v) is 2.53. The molecule has 0 aliphatic heterocycles. The van der Waals surface area contributed by atoms with Gasteiger partial charge in [-0.05, 0) is 18.2 Å². The van der Waals surface area contributed by atoms with Crippen LogP contribution in [0.4, 0.5) is 5.69 Å². The zero-order valence-corrected chi connectivity index (χ0v) is 12.7. The number of pyridine rings is 1. The van der Waals surface area contributed by atoms with Gasteiger partial charge in [0.2, 0.25) is 0 Å². The van der Waals surface area contributed by atoms with Crippen molar-refractivity contribution < 1.29 is 0 Å². The second kappa shape index (κ2) is 5.59. The minimum absolute atomic E-state index is 0.153. The maximum absolute atomic E-state index is 12.2. The second-order valence-electron chi connectivity index (χ2n) is 4.90. The van der Waals surface area contributed by atoms with Crippen LogP contribution in [0, 0.1) is 11.8 Å². The van der Waals surface area contributed by atoms with Crippen LogP contribution in [0.5, 0.6) is 0 Å². The normalized spacial score (nSPS) is 10.3. The molecule has 4 heteroatoms. The molecule has 0 bridgehead atoms. The van der Waals surface area contributed by atoms with Gasteiger partial charge in [0.05, 0.1) is 16.1 Å². The molecule has 0 fully saturated rings. The Morgan fingerprint density at radius 1 is 1.05 bits per heavy atom. The van der Waals surface area contributed by atoms with E-state index in [2.05, 4.69) is 11.8 Å². The Labute approximate surface area is 132 Å². The van der Waals surface area contributed by atoms with Gasteiger partial charge < -0.3 is 10.3 Å². The van der Waals surface area contributed by atoms with Crippen molar-refractivity contribution in [3.8, 4) is 11.8 Å². The number of aryl methyl sites for hydroxylation is 1. The van der Waals surface area contributed by atoms with Crippen molar-refractivity contribution in [1.29, 1.82) is 0 Å². The van der Waals surface area contributed by atoms with Crippen LogP contribution in [0.15, 0.2) is 53.3 Å². The first-order valence-corrected chi connectivity index (χ1v) is 7.11. The Morgan fingerprint density at radius 2 is 1.73 bits per heavy atom. The zero-order valence-electron chi connectivity index (χ0n) is 11.9. The lowest BCUT2D eigenvalue weighted by atomic mass is 10.1. The largest absolute Gasteiger partial charge is 0.393 e. The highest BCUT2D eigenvalue weighted by molar-refractivity contribution is 6.31. The average molecular weight is 309 g/mol. The summed E-state index contributed by atoms with van der Waals surface area (Å²) in [4.78, 5) is 12.2. The third kappa shape index (κ3) is 2.34. The standard InChI is InChI=1S/C18H13ClN2O/c1-21-16-9-5-3-7-13(16)14(17(20)18(21)22)11-10-12-6-2-4-8-15(12)19/h2-9H,20H2,1H3. The zero-order chi connectivity index (χ0) is 15.7. The van der Waals surface area contributed by atoms with Crippen molar-refractivity contribution >= 4 is 28.2 Å². The summed E-state index contributed by atoms with van der Waals surface area (Å²) in [6.45, 7) is 0. The van der Waals surface area contributed by atoms with E-state index in [1.165, 1.54) is 4.57 Å². The SMILES string of the molecule is Cn1c(=O)c(N)c(C#Cc2ccccc2Cl)c2ccccc21. The average Bonchev–Trinajstić information content (AvgIpc) is 2.54. The molecule has 22 heavy (non-hydrogen) atoms. The number of anilines is 1. The maximum Gasteiger partial charge on any atom is 0.275 e. The van der Waals surface area contributed by atoms with Crippen molar-refractivity contribution in [3.63, 3.8) is 0 Å². The van der Waals surface area contributed by atoms with Crippen LogP contribution in [0.1, 0.15) is 11.1 Å². The highest BCUT2D eigenvalue weighted by Crippen LogP contribution is 2.20. The molecule has 1 heterocycles. The fourth-order valence-electron chi connectivity index (χ4n) is 2.35. The lowest BCUT2D eigenvalue weighted by Crippen LogP contribution is -2.22. The second-order valence-corrected chi connectivity index (χ2v) is 5.31. The van der Waals surface area contributed by atoms with E-state index in [-0.39, 0.29) is 11.2 Å². The predicted octanol–water partition coefficient (Wildman–Crippen LogP) is 3.17. The highest BCUT2D eigenvalue weighted by Gasteiger charge is 2.10. The fraction of sp³-hybridized carbons (Fsp3) is 0.0556. The summed E-state index contributed by atoms with van der Waals surface area (Å²) in [5, 5.41) is 1.42. The Morgan fingerprint density at radius 3 is 2.50 bits per heavy atom. The molecule has 0 aliphatic carbocycles. The van der Waals surface area contributed by atoms with E-state index in [0.29, 0.717) is 16.1 Å². The van der Waals surface area contributed by atoms with Crippen LogP contribution >= 0.6 is 11.6 Å². The minimum Gasteiger partial charge on any atom is -0.393 e. The number of nitrogen functional groups attached to an aromatic ring is 1. The molecule has 108 valence electrons. The molecule has 0 saturated carbocycles. The quantitative estimate of drug-likeness (QED) is 0.648. The number of para-hydroxylation sites is 1. The highest BCUT2D eigenvalue weighted by atomic mass is 35.5. The molecule has 2 N–H and O–H groups in total. The van der Waals surface area contributed by atoms with E-state index in [4.69, 9.17) is 17.3 Å². The van der Waals surface area contributed by atoms with Gasteiger partial charge in [0, 0.05) is 18.0 Å². The minimum atomic E-state index is -0.248. The molecule has 0 spiro atoms. The first-order valence-electron chi connectivity index (χ1n) is 6.73. The number of aromatic nitrogens is 1. The van der Waals surface area contributed by atoms with Crippen molar-refractivity contribution in [1.82, 2.24) is 4.57 Å². The number of nitrogens with two attached hydrogens (primary N) is 1. The van der Waals surface area contributed by atoms with E-state index in [1.54, 1.807) is 13.1 Å². The van der Waals surface area contributed by atoms with Gasteiger partial charge in [0.25, 0.3) is 5.56 Å². The van der Waals surface area contributed by atoms with Crippen molar-refractivity contribution in [2.75, 3.05) is 5.73 Å². The smallest absolute Gasteiger partial charge is 0.275 e. The molecule has 3 rings (SSSR count). The van der Waals surface area contributed by atoms with Crippen LogP contribution in [-0.2, 0) is 7.05 Å². The summed E-state index contributed by atoms with van der Waals surface area (Å²) in [6.07, 6.45) is 0. The first kappa shape index (κ1) is 14.2. The summed E-state index contributed by atoms with van der Waals surface area (Å²) < 4.78 is 1.53. The summed E-state index contributed by atoms with van der Waals surface area (Å²) in [7, 11) is 1.70. The lowest BCUT2D eigenvalue weighted by Gasteiger charge is -2.09. The molecular formula is C18H13ClN2O. The van der Waals surface area contributed by atoms with Gasteiger partial charge in [-0.2, -0.15) is 0 Å². The van der Waals surface area contributed by atoms with Crippen molar-refractivity contribution in [3.05, 3.63) is 75.0 Å². The molecule has 0 saturated heterocycles. The van der Waals surface area contributed by atoms with E-state index >= 15 is 0 Å². The van der Waals surface area contributed by atoms with E-state index < -0.39 is 0 Å². The Hall–Kier alpha value is -2.70. The number of rotatable bonds is 0. The molecule has 2 aromatic carbocycles. The molecule has 3 nitrogen and oxygen atoms in total. The predicted molar refractivity (Wildman–Crippen MR) is 91.0 cm³/mol. The molecule has 0 radical (unpaired) electrons. The van der Waals surface area contributed by atoms with Gasteiger partial charge in [0.15, 0.2) is 0 Å². The molecular weight excluding hydrogens is 296 g/mol. The van der Waals surface area contributed by atoms with Crippen LogP contribution in [0.2, 0.25) is 5.02 Å². The molecule has 0 unspecified atom stereocenters. The number of fused-ring (bicyclic) bond motifs is 1. The number of hydrogen-bond acceptors (Lipinski definition) is 2. The van der Waals surface area contributed by atoms with Gasteiger partial charge in [-0.3, -0.25) is 4.79 Å². The van der Waals surface area contributed by atoms with E-state index in [9.17, 15) is 4.79 Å². The lowest BCUT2D eigenvalue weighted by molar-refractivity contribution is 0.909. The topological polar surface area (TPSA) is 48.0 Å². The number of halogens is 1. The van der Waals surface area contributed by atoms with Crippen LogP contribution in [-0.4, -0.2) is 4.57 Å². The van der Waals surface area contributed by atoms with Crippen LogP contribution in [0.3, 0.4) is 0 Å². The molecule has 0 amide bonds. The monoisotopic (exact) mass is 308 g/mol. The maximum atomic E-state index is 12.2. The Balaban J connectivity index is 2.29. The molecule has 0 atom stereocenters. The first-order chi connectivity index (χ1) is 10.6. The van der Waals surface area contributed by atoms with Crippen LogP contribution < -0.4 is 11.3 Å². The summed E-state index contributed by atoms with van der Waals surface area (Å²) in [6, 6.07) is 14.9. The van der Waals surface area contributed by atoms with Gasteiger partial charge in [-0.15, -0.1) is 0 Å². The van der Waals surface area contributed by atoms with Crippen LogP contribution in [0.25, 0.3) is 10.9 Å². The third-order valence-corrected chi connectivity index (χ3v) is 3.86. The Bertz CT molecular complexity index is 993. The molecule has 0 aliphatic rings. The van der Waals surface area contributed by atoms with Crippen molar-refractivity contribution in [2.24, 2.45) is 7.05 Å².